The van der Waals surface area contributed by atoms with Gasteiger partial charge >= 0.3 is 24.1 Å². The Bertz CT molecular complexity index is 2370. The molecule has 0 saturated carbocycles. The molecule has 2 amide bonds. The topological polar surface area (TPSA) is 143 Å². The minimum atomic E-state index is -0.681. The number of nitrogens with zero attached hydrogens (tertiary/aromatic N) is 2. The van der Waals surface area contributed by atoms with Crippen LogP contribution in [0, 0.1) is 11.6 Å². The van der Waals surface area contributed by atoms with Crippen molar-refractivity contribution in [3.8, 4) is 11.4 Å². The molecule has 8 rings (SSSR count). The number of nitrogens with one attached hydrogen (secondary N) is 2. The van der Waals surface area contributed by atoms with Crippen molar-refractivity contribution in [2.24, 2.45) is 0 Å². The minimum Gasteiger partial charge on any atom is -0.460 e. The van der Waals surface area contributed by atoms with Crippen molar-refractivity contribution in [1.82, 2.24) is 19.8 Å². The van der Waals surface area contributed by atoms with Gasteiger partial charge < -0.3 is 38.7 Å². The minimum absolute atomic E-state index is 0.0417. The number of aromatic nitrogens is 2. The van der Waals surface area contributed by atoms with Crippen LogP contribution < -0.4 is 0 Å². The summed E-state index contributed by atoms with van der Waals surface area (Å²) < 4.78 is 52.9. The fourth-order valence-electron chi connectivity index (χ4n) is 8.62. The first-order valence-electron chi connectivity index (χ1n) is 19.9. The third-order valence-corrected chi connectivity index (χ3v) is 11.3. The number of aromatic amines is 2. The predicted molar refractivity (Wildman–Crippen MR) is 217 cm³/mol. The lowest BCUT2D eigenvalue weighted by Crippen LogP contribution is -2.43. The number of rotatable bonds is 11. The van der Waals surface area contributed by atoms with Crippen molar-refractivity contribution in [2.75, 3.05) is 13.1 Å². The van der Waals surface area contributed by atoms with Gasteiger partial charge in [-0.3, -0.25) is 9.59 Å². The molecular weight excluding hydrogens is 775 g/mol. The second-order valence-electron chi connectivity index (χ2n) is 15.2. The third-order valence-electron chi connectivity index (χ3n) is 11.3. The second kappa shape index (κ2) is 17.3. The number of likely N-dealkylation sites (tertiary alicyclic amines) is 2. The number of carbonyl (C=O) groups excluding carboxylic acids is 4. The van der Waals surface area contributed by atoms with E-state index in [1.54, 1.807) is 21.9 Å². The van der Waals surface area contributed by atoms with E-state index in [-0.39, 0.29) is 39.1 Å². The van der Waals surface area contributed by atoms with Gasteiger partial charge in [-0.05, 0) is 71.5 Å². The van der Waals surface area contributed by atoms with Crippen LogP contribution in [-0.4, -0.2) is 81.3 Å². The number of halogens is 2. The Balaban J connectivity index is 1.19. The molecule has 0 radical (unpaired) electrons. The van der Waals surface area contributed by atoms with E-state index in [0.717, 1.165) is 11.1 Å². The van der Waals surface area contributed by atoms with Gasteiger partial charge in [0, 0.05) is 61.6 Å². The Hall–Kier alpha value is -6.70. The maximum absolute atomic E-state index is 14.9. The summed E-state index contributed by atoms with van der Waals surface area (Å²) in [5.74, 6) is -1.97. The van der Waals surface area contributed by atoms with Gasteiger partial charge in [-0.15, -0.1) is 0 Å². The number of benzene rings is 4. The summed E-state index contributed by atoms with van der Waals surface area (Å²) in [6.45, 7) is 3.23. The van der Waals surface area contributed by atoms with E-state index in [9.17, 15) is 28.0 Å². The zero-order valence-corrected chi connectivity index (χ0v) is 33.1. The molecule has 0 aliphatic carbocycles. The molecule has 2 aliphatic heterocycles. The first-order valence-corrected chi connectivity index (χ1v) is 19.9. The van der Waals surface area contributed by atoms with Gasteiger partial charge in [-0.1, -0.05) is 60.7 Å². The molecule has 4 atom stereocenters. The van der Waals surface area contributed by atoms with Gasteiger partial charge in [0.25, 0.3) is 0 Å². The maximum Gasteiger partial charge on any atom is 0.410 e. The zero-order valence-electron chi connectivity index (χ0n) is 33.1. The smallest absolute Gasteiger partial charge is 0.410 e. The highest BCUT2D eigenvalue weighted by atomic mass is 19.1. The van der Waals surface area contributed by atoms with Crippen LogP contribution in [0.5, 0.6) is 0 Å². The van der Waals surface area contributed by atoms with Crippen LogP contribution in [0.1, 0.15) is 48.9 Å². The molecule has 6 aromatic rings. The molecule has 0 spiro atoms. The number of esters is 2. The molecule has 0 unspecified atom stereocenters. The first kappa shape index (κ1) is 40.1. The molecule has 2 fully saturated rings. The molecule has 0 bridgehead atoms. The number of fused-ring (bicyclic) bond motifs is 2. The van der Waals surface area contributed by atoms with E-state index < -0.39 is 60.1 Å². The molecule has 14 heteroatoms. The number of H-pyrrole nitrogens is 2. The van der Waals surface area contributed by atoms with Crippen LogP contribution in [0.3, 0.4) is 0 Å². The lowest BCUT2D eigenvalue weighted by Gasteiger charge is -2.28. The quantitative estimate of drug-likeness (QED) is 0.0981. The van der Waals surface area contributed by atoms with E-state index in [1.807, 2.05) is 60.7 Å². The standard InChI is InChI=1S/C46H44F2N4O8/c1-27(53)59-41-17-19-51(45(55)57-25-29-9-5-3-6-10-29)39(41)23-35-33-15-13-31(47)21-37(33)49-43(35)44-36(34-16-14-32(48)22-38(34)50-44)24-40-42(60-28(2)54)18-20-52(40)46(56)58-26-30-11-7-4-8-12-30/h3-16,21-22,39-42,49-50H,17-20,23-26H2,1-2H3/t39-,40-,41+,42+/m1/s1. The molecule has 60 heavy (non-hydrogen) atoms. The molecule has 2 N–H and O–H groups in total. The summed E-state index contributed by atoms with van der Waals surface area (Å²) in [5.41, 5.74) is 4.92. The monoisotopic (exact) mass is 818 g/mol. The summed E-state index contributed by atoms with van der Waals surface area (Å²) in [6, 6.07) is 25.9. The van der Waals surface area contributed by atoms with Gasteiger partial charge in [0.15, 0.2) is 0 Å². The number of ether oxygens (including phenoxy) is 4. The van der Waals surface area contributed by atoms with Crippen molar-refractivity contribution >= 4 is 45.9 Å². The molecule has 310 valence electrons. The Kier molecular flexibility index (Phi) is 11.5. The Morgan fingerprint density at radius 2 is 1.00 bits per heavy atom. The largest absolute Gasteiger partial charge is 0.460 e. The van der Waals surface area contributed by atoms with Gasteiger partial charge in [0.05, 0.1) is 23.5 Å². The molecule has 4 heterocycles. The molecule has 2 aliphatic rings. The Morgan fingerprint density at radius 1 is 0.600 bits per heavy atom. The van der Waals surface area contributed by atoms with Crippen molar-refractivity contribution in [1.29, 1.82) is 0 Å². The Labute approximate surface area is 344 Å². The SMILES string of the molecule is CC(=O)O[C@H]1CCN(C(=O)OCc2ccccc2)[C@@H]1Cc1c(-c2[nH]c3cc(F)ccc3c2C[C@@H]2[C@@H](OC(C)=O)CCN2C(=O)OCc2ccccc2)[nH]c2cc(F)ccc12. The summed E-state index contributed by atoms with van der Waals surface area (Å²) in [5, 5.41) is 1.30. The van der Waals surface area contributed by atoms with Crippen LogP contribution in [-0.2, 0) is 54.6 Å². The van der Waals surface area contributed by atoms with Crippen LogP contribution >= 0.6 is 0 Å². The van der Waals surface area contributed by atoms with E-state index in [4.69, 9.17) is 18.9 Å². The molecule has 4 aromatic carbocycles. The van der Waals surface area contributed by atoms with E-state index in [0.29, 0.717) is 57.2 Å². The lowest BCUT2D eigenvalue weighted by atomic mass is 9.94. The number of hydrogen-bond donors (Lipinski definition) is 2. The highest BCUT2D eigenvalue weighted by Gasteiger charge is 2.43. The van der Waals surface area contributed by atoms with Gasteiger partial charge in [0.2, 0.25) is 0 Å². The highest BCUT2D eigenvalue weighted by molar-refractivity contribution is 5.96. The Morgan fingerprint density at radius 3 is 1.38 bits per heavy atom. The van der Waals surface area contributed by atoms with Crippen LogP contribution in [0.15, 0.2) is 97.1 Å². The van der Waals surface area contributed by atoms with Crippen LogP contribution in [0.2, 0.25) is 0 Å². The highest BCUT2D eigenvalue weighted by Crippen LogP contribution is 2.40. The van der Waals surface area contributed by atoms with Gasteiger partial charge in [-0.25, -0.2) is 18.4 Å². The fraction of sp³-hybridized carbons (Fsp3) is 0.304. The summed E-state index contributed by atoms with van der Waals surface area (Å²) in [7, 11) is 0. The van der Waals surface area contributed by atoms with Gasteiger partial charge in [-0.2, -0.15) is 0 Å². The lowest BCUT2D eigenvalue weighted by molar-refractivity contribution is -0.148. The van der Waals surface area contributed by atoms with Crippen molar-refractivity contribution in [3.63, 3.8) is 0 Å². The third kappa shape index (κ3) is 8.54. The number of hydrogen-bond acceptors (Lipinski definition) is 8. The van der Waals surface area contributed by atoms with Crippen LogP contribution in [0.25, 0.3) is 33.2 Å². The summed E-state index contributed by atoms with van der Waals surface area (Å²) in [4.78, 5) is 62.2. The van der Waals surface area contributed by atoms with Gasteiger partial charge in [0.1, 0.15) is 37.1 Å². The zero-order chi connectivity index (χ0) is 41.9. The molecular formula is C46H44F2N4O8. The first-order chi connectivity index (χ1) is 29.0. The fourth-order valence-corrected chi connectivity index (χ4v) is 8.62. The summed E-state index contributed by atoms with van der Waals surface area (Å²) >= 11 is 0. The normalized spacial score (nSPS) is 18.9. The average Bonchev–Trinajstić information content (AvgIpc) is 4.00. The van der Waals surface area contributed by atoms with Crippen molar-refractivity contribution in [3.05, 3.63) is 131 Å². The number of carbonyl (C=O) groups is 4. The van der Waals surface area contributed by atoms with E-state index in [1.165, 1.54) is 38.1 Å². The van der Waals surface area contributed by atoms with E-state index >= 15 is 0 Å². The van der Waals surface area contributed by atoms with Crippen molar-refractivity contribution < 1.29 is 46.9 Å². The van der Waals surface area contributed by atoms with Crippen molar-refractivity contribution in [2.45, 2.75) is 77.0 Å². The molecule has 2 aromatic heterocycles. The predicted octanol–water partition coefficient (Wildman–Crippen LogP) is 8.37. The molecule has 12 nitrogen and oxygen atoms in total. The molecule has 2 saturated heterocycles. The van der Waals surface area contributed by atoms with Crippen LogP contribution in [0.4, 0.5) is 18.4 Å². The summed E-state index contributed by atoms with van der Waals surface area (Å²) in [6.07, 6.45) is -1.49. The second-order valence-corrected chi connectivity index (χ2v) is 15.2. The average molecular weight is 819 g/mol. The number of amides is 2. The van der Waals surface area contributed by atoms with E-state index in [2.05, 4.69) is 9.97 Å². The maximum atomic E-state index is 14.9.